The van der Waals surface area contributed by atoms with Crippen LogP contribution in [0.5, 0.6) is 0 Å². The summed E-state index contributed by atoms with van der Waals surface area (Å²) in [4.78, 5) is 26.8. The second-order valence-corrected chi connectivity index (χ2v) is 13.3. The van der Waals surface area contributed by atoms with Crippen LogP contribution < -0.4 is 16.7 Å². The number of halogens is 1. The Morgan fingerprint density at radius 3 is 0.833 bits per heavy atom. The molecule has 196 valence electrons. The Morgan fingerprint density at radius 2 is 0.694 bits per heavy atom. The molecule has 3 aromatic heterocycles. The van der Waals surface area contributed by atoms with E-state index in [2.05, 4.69) is 98.0 Å². The van der Waals surface area contributed by atoms with Crippen molar-refractivity contribution in [2.45, 2.75) is 119 Å². The van der Waals surface area contributed by atoms with E-state index in [0.29, 0.717) is 35.5 Å². The van der Waals surface area contributed by atoms with Crippen LogP contribution >= 0.6 is 17.6 Å². The first-order chi connectivity index (χ1) is 16.8. The first-order valence-corrected chi connectivity index (χ1v) is 18.4. The topological polar surface area (TPSA) is 86.0 Å². The van der Waals surface area contributed by atoms with Crippen LogP contribution in [0, 0.1) is 0 Å². The molecular weight excluding hydrogens is 540 g/mol. The summed E-state index contributed by atoms with van der Waals surface area (Å²) in [5.74, 6) is 2.17. The number of aromatic amines is 3. The zero-order chi connectivity index (χ0) is 27.5. The molecule has 6 nitrogen and oxygen atoms in total. The number of nitrogens with zero attached hydrogens (tertiary/aromatic N) is 3. The average molecular weight is 586 g/mol. The molecule has 0 spiro atoms. The first-order valence-electron chi connectivity index (χ1n) is 13.2. The van der Waals surface area contributed by atoms with Crippen molar-refractivity contribution in [1.82, 2.24) is 29.9 Å². The van der Waals surface area contributed by atoms with Gasteiger partial charge in [-0.3, -0.25) is 0 Å². The van der Waals surface area contributed by atoms with Gasteiger partial charge in [-0.2, -0.15) is 0 Å². The van der Waals surface area contributed by atoms with Crippen LogP contribution in [0.15, 0.2) is 0 Å². The summed E-state index contributed by atoms with van der Waals surface area (Å²) in [6.07, 6.45) is 0. The van der Waals surface area contributed by atoms with Gasteiger partial charge in [-0.15, -0.1) is 0 Å². The molecule has 0 bridgehead atoms. The monoisotopic (exact) mass is 583 g/mol. The maximum absolute atomic E-state index is 5.19. The van der Waals surface area contributed by atoms with Gasteiger partial charge in [-0.1, -0.05) is 83.1 Å². The van der Waals surface area contributed by atoms with Crippen LogP contribution in [-0.4, -0.2) is 29.9 Å². The van der Waals surface area contributed by atoms with Crippen molar-refractivity contribution >= 4 is 34.3 Å². The van der Waals surface area contributed by atoms with Crippen LogP contribution in [0.4, 0.5) is 0 Å². The van der Waals surface area contributed by atoms with E-state index in [1.54, 1.807) is 0 Å². The molecule has 36 heavy (non-hydrogen) atoms. The fourth-order valence-corrected chi connectivity index (χ4v) is 6.34. The average Bonchev–Trinajstić information content (AvgIpc) is 3.52. The van der Waals surface area contributed by atoms with Crippen molar-refractivity contribution in [1.29, 1.82) is 0 Å². The van der Waals surface area contributed by atoms with Gasteiger partial charge in [-0.25, -0.2) is 15.0 Å². The molecule has 0 atom stereocenters. The quantitative estimate of drug-likeness (QED) is 0.186. The molecule has 0 aliphatic heterocycles. The third-order valence-electron chi connectivity index (χ3n) is 6.25. The van der Waals surface area contributed by atoms with E-state index >= 15 is 0 Å². The van der Waals surface area contributed by atoms with Gasteiger partial charge in [0.2, 0.25) is 0 Å². The van der Waals surface area contributed by atoms with Crippen molar-refractivity contribution in [2.75, 3.05) is 0 Å². The Labute approximate surface area is 233 Å². The third-order valence-corrected chi connectivity index (χ3v) is 8.16. The summed E-state index contributed by atoms with van der Waals surface area (Å²) in [5, 5.41) is 0. The first kappa shape index (κ1) is 31.2. The van der Waals surface area contributed by atoms with E-state index in [9.17, 15) is 0 Å². The molecule has 0 aliphatic rings. The van der Waals surface area contributed by atoms with Crippen LogP contribution in [0.25, 0.3) is 0 Å². The third kappa shape index (κ3) is 6.69. The minimum atomic E-state index is -1.08. The predicted molar refractivity (Wildman–Crippen MR) is 152 cm³/mol. The molecule has 0 saturated carbocycles. The van der Waals surface area contributed by atoms with Gasteiger partial charge in [0.25, 0.3) is 0 Å². The molecule has 3 aromatic rings. The number of H-pyrrole nitrogens is 3. The molecule has 0 unspecified atom stereocenters. The molecule has 0 saturated heterocycles. The summed E-state index contributed by atoms with van der Waals surface area (Å²) in [6, 6.07) is 0. The fraction of sp³-hybridized carbons (Fsp3) is 0.667. The van der Waals surface area contributed by atoms with E-state index in [1.807, 2.05) is 0 Å². The predicted octanol–water partition coefficient (Wildman–Crippen LogP) is 7.04. The molecular formula is C27H45ClN6PZn+. The number of hydrogen-bond donors (Lipinski definition) is 3. The van der Waals surface area contributed by atoms with Crippen molar-refractivity contribution < 1.29 is 17.3 Å². The molecule has 3 N–H and O–H groups in total. The van der Waals surface area contributed by atoms with Crippen LogP contribution in [0.3, 0.4) is 0 Å². The molecule has 0 fully saturated rings. The SMILES string of the molecule is CC(C)c1nc(P(c2nc(C(C)C)c(C(C)C)[nH]2)c2nc(C(C)C)c(C(C)C)[nH]2)[nH]c1C(C)C.[Cl][Zn+]. The molecule has 9 heteroatoms. The standard InChI is InChI=1S/C27H45N6P.ClH.Zn/c1-13(2)19-20(14(3)4)29-25(28-19)34(26-30-21(15(5)6)22(31-26)16(7)8)27-32-23(17(9)10)24(33-27)18(11)12;;/h13-18H,1-12H3,(H,28,29)(H,30,31)(H,32,33);1H;/q;;+2/p-1. The Morgan fingerprint density at radius 1 is 0.472 bits per heavy atom. The van der Waals surface area contributed by atoms with E-state index in [4.69, 9.17) is 24.6 Å². The number of imidazole rings is 3. The van der Waals surface area contributed by atoms with E-state index in [0.717, 1.165) is 51.1 Å². The summed E-state index contributed by atoms with van der Waals surface area (Å²) in [5.41, 5.74) is 10.0. The van der Waals surface area contributed by atoms with Crippen molar-refractivity contribution in [2.24, 2.45) is 0 Å². The molecule has 3 heterocycles. The number of rotatable bonds is 9. The summed E-state index contributed by atoms with van der Waals surface area (Å²) in [6.45, 7) is 26.7. The van der Waals surface area contributed by atoms with Crippen molar-refractivity contribution in [3.05, 3.63) is 34.2 Å². The summed E-state index contributed by atoms with van der Waals surface area (Å²) < 4.78 is 0. The Balaban J connectivity index is 0.00000222. The molecule has 3 rings (SSSR count). The van der Waals surface area contributed by atoms with Crippen molar-refractivity contribution in [3.8, 4) is 0 Å². The zero-order valence-electron chi connectivity index (χ0n) is 24.3. The second kappa shape index (κ2) is 13.2. The molecule has 0 aliphatic carbocycles. The summed E-state index contributed by atoms with van der Waals surface area (Å²) in [7, 11) is 3.68. The molecule has 0 aromatic carbocycles. The van der Waals surface area contributed by atoms with Gasteiger partial charge in [0.1, 0.15) is 24.6 Å². The number of hydrogen-bond acceptors (Lipinski definition) is 3. The Hall–Kier alpha value is -1.03. The van der Waals surface area contributed by atoms with Gasteiger partial charge in [0.05, 0.1) is 17.1 Å². The van der Waals surface area contributed by atoms with E-state index in [-0.39, 0.29) is 0 Å². The van der Waals surface area contributed by atoms with Gasteiger partial charge >= 0.3 is 27.0 Å². The van der Waals surface area contributed by atoms with Crippen LogP contribution in [-0.2, 0) is 17.3 Å². The molecule has 0 amide bonds. The minimum absolute atomic E-state index is 0.349. The van der Waals surface area contributed by atoms with Crippen molar-refractivity contribution in [3.63, 3.8) is 0 Å². The van der Waals surface area contributed by atoms with Crippen LogP contribution in [0.1, 0.15) is 153 Å². The number of aromatic nitrogens is 6. The van der Waals surface area contributed by atoms with Gasteiger partial charge in [0, 0.05) is 17.1 Å². The summed E-state index contributed by atoms with van der Waals surface area (Å²) >= 11 is 0.847. The second-order valence-electron chi connectivity index (χ2n) is 11.3. The van der Waals surface area contributed by atoms with Gasteiger partial charge < -0.3 is 15.0 Å². The van der Waals surface area contributed by atoms with E-state index in [1.165, 1.54) is 17.1 Å². The van der Waals surface area contributed by atoms with Gasteiger partial charge in [-0.05, 0) is 35.5 Å². The fourth-order valence-electron chi connectivity index (χ4n) is 4.42. The molecule has 0 radical (unpaired) electrons. The normalized spacial score (nSPS) is 12.3. The van der Waals surface area contributed by atoms with E-state index < -0.39 is 7.92 Å². The number of nitrogens with one attached hydrogen (secondary N) is 3. The Bertz CT molecular complexity index is 895. The van der Waals surface area contributed by atoms with Crippen LogP contribution in [0.2, 0.25) is 0 Å². The maximum atomic E-state index is 5.19. The Kier molecular flexibility index (Phi) is 11.4. The zero-order valence-corrected chi connectivity index (χ0v) is 29.0. The van der Waals surface area contributed by atoms with Gasteiger partial charge in [0.15, 0.2) is 0 Å².